The van der Waals surface area contributed by atoms with E-state index >= 15 is 0 Å². The van der Waals surface area contributed by atoms with Crippen molar-refractivity contribution in [3.8, 4) is 0 Å². The molecule has 1 aliphatic carbocycles. The molecule has 2 heterocycles. The largest absolute Gasteiger partial charge is 0.355 e. The van der Waals surface area contributed by atoms with Crippen LogP contribution >= 0.6 is 11.8 Å². The monoisotopic (exact) mass is 460 g/mol. The van der Waals surface area contributed by atoms with E-state index in [2.05, 4.69) is 39.1 Å². The number of anilines is 1. The summed E-state index contributed by atoms with van der Waals surface area (Å²) in [7, 11) is 0. The second-order valence-electron chi connectivity index (χ2n) is 8.99. The van der Waals surface area contributed by atoms with E-state index in [9.17, 15) is 4.79 Å². The van der Waals surface area contributed by atoms with Gasteiger partial charge in [0.2, 0.25) is 0 Å². The molecular formula is C27H32N4OS. The Morgan fingerprint density at radius 1 is 1.09 bits per heavy atom. The summed E-state index contributed by atoms with van der Waals surface area (Å²) >= 11 is 1.43. The number of fused-ring (bicyclic) bond motifs is 1. The van der Waals surface area contributed by atoms with Gasteiger partial charge in [0, 0.05) is 24.7 Å². The van der Waals surface area contributed by atoms with Crippen molar-refractivity contribution in [1.29, 1.82) is 0 Å². The predicted octanol–water partition coefficient (Wildman–Crippen LogP) is 5.24. The summed E-state index contributed by atoms with van der Waals surface area (Å²) < 4.78 is 0. The Bertz CT molecular complexity index is 1110. The normalized spacial score (nSPS) is 18.6. The summed E-state index contributed by atoms with van der Waals surface area (Å²) in [5, 5.41) is 0.774. The van der Waals surface area contributed by atoms with Crippen LogP contribution in [0.2, 0.25) is 0 Å². The number of aromatic nitrogens is 2. The zero-order chi connectivity index (χ0) is 22.1. The van der Waals surface area contributed by atoms with Gasteiger partial charge >= 0.3 is 0 Å². The third-order valence-electron chi connectivity index (χ3n) is 7.01. The Labute approximate surface area is 200 Å². The summed E-state index contributed by atoms with van der Waals surface area (Å²) in [6, 6.07) is 16.4. The SMILES string of the molecule is C.Cc1ccc(C(=O)CSc2cnc(N3CCC4(CC3)Cc3ccccc3[C@H]4N)cn2)cc1. The van der Waals surface area contributed by atoms with Crippen LogP contribution in [0.4, 0.5) is 5.82 Å². The number of aryl methyl sites for hydroxylation is 1. The van der Waals surface area contributed by atoms with Crippen LogP contribution in [0.1, 0.15) is 53.4 Å². The van der Waals surface area contributed by atoms with Crippen LogP contribution < -0.4 is 10.6 Å². The van der Waals surface area contributed by atoms with E-state index in [1.165, 1.54) is 22.9 Å². The second-order valence-corrected chi connectivity index (χ2v) is 9.99. The summed E-state index contributed by atoms with van der Waals surface area (Å²) in [5.41, 5.74) is 11.5. The van der Waals surface area contributed by atoms with E-state index in [1.807, 2.05) is 37.4 Å². The lowest BCUT2D eigenvalue weighted by Crippen LogP contribution is -2.44. The molecule has 3 aromatic rings. The summed E-state index contributed by atoms with van der Waals surface area (Å²) in [6.07, 6.45) is 6.82. The van der Waals surface area contributed by atoms with Gasteiger partial charge in [-0.05, 0) is 42.7 Å². The van der Waals surface area contributed by atoms with Gasteiger partial charge in [-0.3, -0.25) is 4.79 Å². The molecule has 172 valence electrons. The fraction of sp³-hybridized carbons (Fsp3) is 0.370. The first-order chi connectivity index (χ1) is 15.5. The molecule has 1 spiro atoms. The van der Waals surface area contributed by atoms with E-state index in [0.717, 1.165) is 54.3 Å². The first-order valence-corrected chi connectivity index (χ1v) is 12.2. The molecule has 5 nitrogen and oxygen atoms in total. The number of ketones is 1. The minimum Gasteiger partial charge on any atom is -0.355 e. The first kappa shape index (κ1) is 23.5. The van der Waals surface area contributed by atoms with Crippen molar-refractivity contribution in [3.63, 3.8) is 0 Å². The number of carbonyl (C=O) groups excluding carboxylic acids is 1. The minimum atomic E-state index is 0. The fourth-order valence-corrected chi connectivity index (χ4v) is 5.70. The topological polar surface area (TPSA) is 72.1 Å². The maximum Gasteiger partial charge on any atom is 0.173 e. The van der Waals surface area contributed by atoms with Gasteiger partial charge in [-0.15, -0.1) is 0 Å². The van der Waals surface area contributed by atoms with Crippen LogP contribution in [0.5, 0.6) is 0 Å². The molecule has 0 saturated carbocycles. The van der Waals surface area contributed by atoms with E-state index < -0.39 is 0 Å². The minimum absolute atomic E-state index is 0. The van der Waals surface area contributed by atoms with Gasteiger partial charge in [-0.1, -0.05) is 73.3 Å². The van der Waals surface area contributed by atoms with Crippen molar-refractivity contribution >= 4 is 23.4 Å². The van der Waals surface area contributed by atoms with E-state index in [1.54, 1.807) is 6.20 Å². The molecule has 6 heteroatoms. The van der Waals surface area contributed by atoms with Crippen molar-refractivity contribution in [2.75, 3.05) is 23.7 Å². The van der Waals surface area contributed by atoms with Crippen molar-refractivity contribution in [3.05, 3.63) is 83.2 Å². The van der Waals surface area contributed by atoms with Gasteiger partial charge in [0.25, 0.3) is 0 Å². The first-order valence-electron chi connectivity index (χ1n) is 11.2. The Balaban J connectivity index is 0.00000259. The third-order valence-corrected chi connectivity index (χ3v) is 7.93. The number of nitrogens with zero attached hydrogens (tertiary/aromatic N) is 3. The Morgan fingerprint density at radius 3 is 2.48 bits per heavy atom. The smallest absolute Gasteiger partial charge is 0.173 e. The molecule has 2 aromatic carbocycles. The van der Waals surface area contributed by atoms with Crippen LogP contribution in [0.25, 0.3) is 0 Å². The molecule has 1 saturated heterocycles. The van der Waals surface area contributed by atoms with Crippen LogP contribution in [-0.2, 0) is 6.42 Å². The number of rotatable bonds is 5. The summed E-state index contributed by atoms with van der Waals surface area (Å²) in [4.78, 5) is 23.9. The molecular weight excluding hydrogens is 428 g/mol. The molecule has 1 fully saturated rings. The zero-order valence-electron chi connectivity index (χ0n) is 18.3. The maximum absolute atomic E-state index is 12.4. The molecule has 0 unspecified atom stereocenters. The quantitative estimate of drug-likeness (QED) is 0.415. The van der Waals surface area contributed by atoms with Gasteiger partial charge in [-0.2, -0.15) is 0 Å². The lowest BCUT2D eigenvalue weighted by atomic mass is 9.73. The van der Waals surface area contributed by atoms with Crippen LogP contribution in [0.3, 0.4) is 0 Å². The summed E-state index contributed by atoms with van der Waals surface area (Å²) in [5.74, 6) is 1.37. The highest BCUT2D eigenvalue weighted by molar-refractivity contribution is 7.99. The van der Waals surface area contributed by atoms with E-state index in [0.29, 0.717) is 5.75 Å². The molecule has 1 aliphatic heterocycles. The van der Waals surface area contributed by atoms with E-state index in [4.69, 9.17) is 5.73 Å². The lowest BCUT2D eigenvalue weighted by Gasteiger charge is -2.42. The van der Waals surface area contributed by atoms with Crippen molar-refractivity contribution in [2.24, 2.45) is 11.1 Å². The van der Waals surface area contributed by atoms with Crippen molar-refractivity contribution < 1.29 is 4.79 Å². The van der Waals surface area contributed by atoms with Crippen molar-refractivity contribution in [1.82, 2.24) is 9.97 Å². The highest BCUT2D eigenvalue weighted by Gasteiger charge is 2.45. The molecule has 0 amide bonds. The molecule has 1 atom stereocenters. The fourth-order valence-electron chi connectivity index (χ4n) is 5.00. The van der Waals surface area contributed by atoms with Gasteiger partial charge in [0.05, 0.1) is 18.1 Å². The second kappa shape index (κ2) is 9.65. The number of nitrogens with two attached hydrogens (primary N) is 1. The number of thioether (sulfide) groups is 1. The van der Waals surface area contributed by atoms with Crippen LogP contribution in [0.15, 0.2) is 66.0 Å². The average molecular weight is 461 g/mol. The van der Waals surface area contributed by atoms with E-state index in [-0.39, 0.29) is 24.7 Å². The van der Waals surface area contributed by atoms with Gasteiger partial charge in [0.15, 0.2) is 5.78 Å². The maximum atomic E-state index is 12.4. The average Bonchev–Trinajstić information content (AvgIpc) is 3.10. The molecule has 2 N–H and O–H groups in total. The van der Waals surface area contributed by atoms with Crippen LogP contribution in [-0.4, -0.2) is 34.6 Å². The number of hydrogen-bond donors (Lipinski definition) is 1. The Hall–Kier alpha value is -2.70. The number of hydrogen-bond acceptors (Lipinski definition) is 6. The molecule has 0 bridgehead atoms. The standard InChI is InChI=1S/C26H28N4OS.CH4/c1-18-6-8-19(9-7-18)22(31)17-32-24-16-28-23(15-29-24)30-12-10-26(11-13-30)14-20-4-2-3-5-21(20)25(26)27;/h2-9,15-16,25H,10-14,17,27H2,1H3;1H4/t25-;/m1./s1. The Morgan fingerprint density at radius 2 is 1.82 bits per heavy atom. The van der Waals surface area contributed by atoms with Gasteiger partial charge in [-0.25, -0.2) is 9.97 Å². The van der Waals surface area contributed by atoms with Crippen molar-refractivity contribution in [2.45, 2.75) is 44.7 Å². The van der Waals surface area contributed by atoms with Gasteiger partial charge < -0.3 is 10.6 Å². The van der Waals surface area contributed by atoms with Crippen LogP contribution in [0, 0.1) is 12.3 Å². The predicted molar refractivity (Wildman–Crippen MR) is 136 cm³/mol. The highest BCUT2D eigenvalue weighted by atomic mass is 32.2. The number of carbonyl (C=O) groups is 1. The third kappa shape index (κ3) is 4.68. The number of piperidine rings is 1. The van der Waals surface area contributed by atoms with Gasteiger partial charge in [0.1, 0.15) is 10.8 Å². The lowest BCUT2D eigenvalue weighted by molar-refractivity contribution is 0.102. The molecule has 33 heavy (non-hydrogen) atoms. The molecule has 1 aromatic heterocycles. The molecule has 0 radical (unpaired) electrons. The Kier molecular flexibility index (Phi) is 6.86. The number of benzene rings is 2. The highest BCUT2D eigenvalue weighted by Crippen LogP contribution is 2.50. The molecule has 2 aliphatic rings. The molecule has 5 rings (SSSR count). The zero-order valence-corrected chi connectivity index (χ0v) is 19.1. The summed E-state index contributed by atoms with van der Waals surface area (Å²) in [6.45, 7) is 3.90. The number of Topliss-reactive ketones (excluding diaryl/α,β-unsaturated/α-hetero) is 1.